The lowest BCUT2D eigenvalue weighted by molar-refractivity contribution is 0.355. The Labute approximate surface area is 109 Å². The van der Waals surface area contributed by atoms with Gasteiger partial charge in [0.2, 0.25) is 0 Å². The third-order valence-corrected chi connectivity index (χ3v) is 3.54. The molecule has 0 spiro atoms. The number of aromatic nitrogens is 2. The summed E-state index contributed by atoms with van der Waals surface area (Å²) in [6.45, 7) is 10.6. The van der Waals surface area contributed by atoms with Gasteiger partial charge >= 0.3 is 0 Å². The van der Waals surface area contributed by atoms with Gasteiger partial charge in [-0.3, -0.25) is 0 Å². The Morgan fingerprint density at radius 3 is 2.33 bits per heavy atom. The van der Waals surface area contributed by atoms with Crippen molar-refractivity contribution in [1.82, 2.24) is 9.97 Å². The van der Waals surface area contributed by atoms with E-state index < -0.39 is 0 Å². The van der Waals surface area contributed by atoms with Gasteiger partial charge in [0, 0.05) is 18.7 Å². The number of aryl methyl sites for hydroxylation is 1. The molecule has 2 heterocycles. The quantitative estimate of drug-likeness (QED) is 0.618. The molecule has 2 unspecified atom stereocenters. The van der Waals surface area contributed by atoms with Crippen molar-refractivity contribution in [3.05, 3.63) is 11.4 Å². The largest absolute Gasteiger partial charge is 0.356 e. The van der Waals surface area contributed by atoms with E-state index >= 15 is 0 Å². The van der Waals surface area contributed by atoms with Crippen molar-refractivity contribution >= 4 is 11.6 Å². The third kappa shape index (κ3) is 2.56. The molecule has 0 saturated carbocycles. The molecule has 3 N–H and O–H groups in total. The van der Waals surface area contributed by atoms with Crippen LogP contribution in [0.1, 0.15) is 31.7 Å². The van der Waals surface area contributed by atoms with Crippen molar-refractivity contribution in [2.75, 3.05) is 23.4 Å². The van der Waals surface area contributed by atoms with Crippen LogP contribution in [0.3, 0.4) is 0 Å². The van der Waals surface area contributed by atoms with Crippen LogP contribution in [0.25, 0.3) is 0 Å². The van der Waals surface area contributed by atoms with Gasteiger partial charge in [0.15, 0.2) is 0 Å². The Morgan fingerprint density at radius 2 is 1.78 bits per heavy atom. The van der Waals surface area contributed by atoms with Gasteiger partial charge in [0.05, 0.1) is 0 Å². The maximum absolute atomic E-state index is 5.51. The average Bonchev–Trinajstić information content (AvgIpc) is 2.30. The number of nitrogens with zero attached hydrogens (tertiary/aromatic N) is 3. The summed E-state index contributed by atoms with van der Waals surface area (Å²) < 4.78 is 0. The van der Waals surface area contributed by atoms with Gasteiger partial charge in [0.25, 0.3) is 0 Å². The highest BCUT2D eigenvalue weighted by molar-refractivity contribution is 5.58. The fourth-order valence-electron chi connectivity index (χ4n) is 2.90. The molecule has 5 nitrogen and oxygen atoms in total. The third-order valence-electron chi connectivity index (χ3n) is 3.54. The number of piperidine rings is 1. The van der Waals surface area contributed by atoms with E-state index in [1.54, 1.807) is 0 Å². The maximum atomic E-state index is 5.51. The number of hydrogen-bond donors (Lipinski definition) is 2. The minimum absolute atomic E-state index is 0.706. The van der Waals surface area contributed by atoms with Gasteiger partial charge in [-0.05, 0) is 32.1 Å². The maximum Gasteiger partial charge on any atom is 0.148 e. The van der Waals surface area contributed by atoms with E-state index in [-0.39, 0.29) is 0 Å². The van der Waals surface area contributed by atoms with Crippen LogP contribution in [0.4, 0.5) is 11.6 Å². The minimum Gasteiger partial charge on any atom is -0.356 e. The standard InChI is InChI=1S/C13H23N5/c1-8-5-9(2)7-18(6-8)13-10(3)12(17-14)15-11(4)16-13/h8-9H,5-7,14H2,1-4H3,(H,15,16,17). The Hall–Kier alpha value is -1.36. The van der Waals surface area contributed by atoms with Crippen molar-refractivity contribution < 1.29 is 0 Å². The van der Waals surface area contributed by atoms with Crippen LogP contribution >= 0.6 is 0 Å². The Bertz CT molecular complexity index is 422. The Kier molecular flexibility index (Phi) is 3.71. The molecule has 0 aromatic carbocycles. The molecule has 5 heteroatoms. The first-order chi connectivity index (χ1) is 8.51. The number of anilines is 2. The van der Waals surface area contributed by atoms with E-state index in [0.29, 0.717) is 11.8 Å². The van der Waals surface area contributed by atoms with Crippen LogP contribution in [0, 0.1) is 25.7 Å². The molecule has 1 aromatic heterocycles. The zero-order valence-electron chi connectivity index (χ0n) is 11.7. The fraction of sp³-hybridized carbons (Fsp3) is 0.692. The van der Waals surface area contributed by atoms with Crippen LogP contribution in [0.5, 0.6) is 0 Å². The molecule has 0 radical (unpaired) electrons. The number of hydrogen-bond acceptors (Lipinski definition) is 5. The second-order valence-electron chi connectivity index (χ2n) is 5.56. The number of nitrogens with two attached hydrogens (primary N) is 1. The van der Waals surface area contributed by atoms with E-state index in [1.807, 2.05) is 13.8 Å². The second-order valence-corrected chi connectivity index (χ2v) is 5.56. The first-order valence-corrected chi connectivity index (χ1v) is 6.58. The van der Waals surface area contributed by atoms with Gasteiger partial charge in [0.1, 0.15) is 17.5 Å². The minimum atomic E-state index is 0.706. The van der Waals surface area contributed by atoms with E-state index in [9.17, 15) is 0 Å². The molecule has 18 heavy (non-hydrogen) atoms. The fourth-order valence-corrected chi connectivity index (χ4v) is 2.90. The molecular weight excluding hydrogens is 226 g/mol. The number of nitrogen functional groups attached to an aromatic ring is 1. The second kappa shape index (κ2) is 5.10. The van der Waals surface area contributed by atoms with Gasteiger partial charge in [-0.2, -0.15) is 0 Å². The van der Waals surface area contributed by atoms with Gasteiger partial charge in [-0.25, -0.2) is 15.8 Å². The van der Waals surface area contributed by atoms with E-state index in [4.69, 9.17) is 5.84 Å². The van der Waals surface area contributed by atoms with Crippen LogP contribution < -0.4 is 16.2 Å². The first-order valence-electron chi connectivity index (χ1n) is 6.58. The zero-order chi connectivity index (χ0) is 13.3. The monoisotopic (exact) mass is 249 g/mol. The molecule has 0 bridgehead atoms. The van der Waals surface area contributed by atoms with Crippen molar-refractivity contribution in [3.8, 4) is 0 Å². The normalized spacial score (nSPS) is 24.2. The van der Waals surface area contributed by atoms with Crippen LogP contribution in [-0.2, 0) is 0 Å². The number of rotatable bonds is 2. The molecule has 0 aliphatic carbocycles. The van der Waals surface area contributed by atoms with Crippen LogP contribution in [0.15, 0.2) is 0 Å². The lowest BCUT2D eigenvalue weighted by Crippen LogP contribution is -2.39. The topological polar surface area (TPSA) is 67.1 Å². The van der Waals surface area contributed by atoms with Crippen molar-refractivity contribution in [2.45, 2.75) is 34.1 Å². The van der Waals surface area contributed by atoms with E-state index in [1.165, 1.54) is 6.42 Å². The predicted octanol–water partition coefficient (Wildman–Crippen LogP) is 1.86. The molecule has 2 rings (SSSR count). The highest BCUT2D eigenvalue weighted by atomic mass is 15.3. The summed E-state index contributed by atoms with van der Waals surface area (Å²) in [4.78, 5) is 11.3. The summed E-state index contributed by atoms with van der Waals surface area (Å²) in [7, 11) is 0. The SMILES string of the molecule is Cc1nc(NN)c(C)c(N2CC(C)CC(C)C2)n1. The number of hydrazine groups is 1. The molecule has 1 aliphatic rings. The van der Waals surface area contributed by atoms with E-state index in [2.05, 4.69) is 34.1 Å². The first kappa shape index (κ1) is 13.1. The average molecular weight is 249 g/mol. The summed E-state index contributed by atoms with van der Waals surface area (Å²) in [6, 6.07) is 0. The van der Waals surface area contributed by atoms with Gasteiger partial charge in [-0.15, -0.1) is 0 Å². The highest BCUT2D eigenvalue weighted by Crippen LogP contribution is 2.29. The van der Waals surface area contributed by atoms with Gasteiger partial charge in [-0.1, -0.05) is 13.8 Å². The predicted molar refractivity (Wildman–Crippen MR) is 74.5 cm³/mol. The Balaban J connectivity index is 2.35. The van der Waals surface area contributed by atoms with Crippen LogP contribution in [0.2, 0.25) is 0 Å². The summed E-state index contributed by atoms with van der Waals surface area (Å²) in [6.07, 6.45) is 1.29. The summed E-state index contributed by atoms with van der Waals surface area (Å²) >= 11 is 0. The van der Waals surface area contributed by atoms with Crippen LogP contribution in [-0.4, -0.2) is 23.1 Å². The molecule has 0 amide bonds. The summed E-state index contributed by atoms with van der Waals surface area (Å²) in [5.41, 5.74) is 3.69. The lowest BCUT2D eigenvalue weighted by Gasteiger charge is -2.36. The molecule has 1 fully saturated rings. The van der Waals surface area contributed by atoms with Crippen molar-refractivity contribution in [3.63, 3.8) is 0 Å². The molecular formula is C13H23N5. The molecule has 1 aromatic rings. The zero-order valence-corrected chi connectivity index (χ0v) is 11.7. The van der Waals surface area contributed by atoms with Crippen molar-refractivity contribution in [2.24, 2.45) is 17.7 Å². The Morgan fingerprint density at radius 1 is 1.17 bits per heavy atom. The van der Waals surface area contributed by atoms with Gasteiger partial charge < -0.3 is 10.3 Å². The molecule has 1 aliphatic heterocycles. The molecule has 100 valence electrons. The molecule has 1 saturated heterocycles. The molecule has 2 atom stereocenters. The highest BCUT2D eigenvalue weighted by Gasteiger charge is 2.24. The number of nitrogens with one attached hydrogen (secondary N) is 1. The van der Waals surface area contributed by atoms with E-state index in [0.717, 1.165) is 36.1 Å². The van der Waals surface area contributed by atoms with Crippen molar-refractivity contribution in [1.29, 1.82) is 0 Å². The smallest absolute Gasteiger partial charge is 0.148 e. The summed E-state index contributed by atoms with van der Waals surface area (Å²) in [5.74, 6) is 9.43. The lowest BCUT2D eigenvalue weighted by atomic mass is 9.92. The summed E-state index contributed by atoms with van der Waals surface area (Å²) in [5, 5.41) is 0.